The number of hydrogen-bond acceptors (Lipinski definition) is 2. The Morgan fingerprint density at radius 3 is 2.59 bits per heavy atom. The molecule has 2 nitrogen and oxygen atoms in total. The SMILES string of the molecule is [2H]c1c([2H])c(N2C([2H])([2H])C([2H])([2H])NC([2H])([2H])C2([2H])[2H])c(C(F)(F)F)c([2H])c1Br. The second-order valence-corrected chi connectivity index (χ2v) is 3.64. The van der Waals surface area contributed by atoms with Crippen molar-refractivity contribution in [1.29, 1.82) is 0 Å². The second-order valence-electron chi connectivity index (χ2n) is 2.84. The van der Waals surface area contributed by atoms with Crippen molar-refractivity contribution < 1.29 is 28.2 Å². The molecule has 1 N–H and O–H groups in total. The molecule has 0 aliphatic carbocycles. The first-order valence-corrected chi connectivity index (χ1v) is 4.97. The van der Waals surface area contributed by atoms with Gasteiger partial charge in [-0.15, -0.1) is 0 Å². The Morgan fingerprint density at radius 2 is 2.00 bits per heavy atom. The first-order chi connectivity index (χ1) is 12.2. The van der Waals surface area contributed by atoms with Crippen LogP contribution < -0.4 is 10.2 Å². The molecule has 0 radical (unpaired) electrons. The van der Waals surface area contributed by atoms with E-state index in [1.807, 2.05) is 0 Å². The molecule has 1 fully saturated rings. The van der Waals surface area contributed by atoms with Crippen molar-refractivity contribution in [2.75, 3.05) is 30.9 Å². The molecule has 1 heterocycles. The van der Waals surface area contributed by atoms with E-state index < -0.39 is 70.9 Å². The van der Waals surface area contributed by atoms with E-state index in [4.69, 9.17) is 15.1 Å². The van der Waals surface area contributed by atoms with Crippen LogP contribution in [0, 0.1) is 0 Å². The summed E-state index contributed by atoms with van der Waals surface area (Å²) in [5.41, 5.74) is -3.64. The third-order valence-electron chi connectivity index (χ3n) is 1.73. The Hall–Kier alpha value is -0.750. The minimum atomic E-state index is -5.42. The van der Waals surface area contributed by atoms with E-state index >= 15 is 0 Å². The van der Waals surface area contributed by atoms with Gasteiger partial charge < -0.3 is 10.2 Å². The van der Waals surface area contributed by atoms with Gasteiger partial charge in [-0.3, -0.25) is 0 Å². The first-order valence-electron chi connectivity index (χ1n) is 9.68. The summed E-state index contributed by atoms with van der Waals surface area (Å²) in [5, 5.41) is 1.46. The predicted molar refractivity (Wildman–Crippen MR) is 64.2 cm³/mol. The number of piperazine rings is 1. The highest BCUT2D eigenvalue weighted by Gasteiger charge is 2.35. The van der Waals surface area contributed by atoms with Crippen molar-refractivity contribution in [3.8, 4) is 0 Å². The van der Waals surface area contributed by atoms with Crippen LogP contribution >= 0.6 is 15.9 Å². The normalized spacial score (nSPS) is 38.6. The first kappa shape index (κ1) is 4.74. The van der Waals surface area contributed by atoms with Crippen molar-refractivity contribution in [2.24, 2.45) is 0 Å². The van der Waals surface area contributed by atoms with Crippen LogP contribution in [0.25, 0.3) is 0 Å². The summed E-state index contributed by atoms with van der Waals surface area (Å²) in [4.78, 5) is -0.482. The standard InChI is InChI=1S/C11H12BrF3N2/c12-8-1-2-10(9(7-8)11(13,14)15)17-5-3-16-4-6-17/h1-2,7,16H,3-6H2/i1D,2D,3D2,4D2,5D2,6D2,7D. The molecular formula is C11H12BrF3N2. The maximum absolute atomic E-state index is 13.7. The quantitative estimate of drug-likeness (QED) is 0.856. The Balaban J connectivity index is 3.07. The summed E-state index contributed by atoms with van der Waals surface area (Å²) in [5.74, 6) is 0. The zero-order valence-corrected chi connectivity index (χ0v) is 9.55. The lowest BCUT2D eigenvalue weighted by Crippen LogP contribution is -2.44. The number of hydrogen-bond donors (Lipinski definition) is 1. The van der Waals surface area contributed by atoms with E-state index in [0.717, 1.165) is 0 Å². The number of benzene rings is 1. The Labute approximate surface area is 121 Å². The van der Waals surface area contributed by atoms with Crippen LogP contribution in [0.5, 0.6) is 0 Å². The van der Waals surface area contributed by atoms with Crippen molar-refractivity contribution in [1.82, 2.24) is 5.32 Å². The molecule has 0 bridgehead atoms. The maximum Gasteiger partial charge on any atom is 0.418 e. The fourth-order valence-corrected chi connectivity index (χ4v) is 1.39. The lowest BCUT2D eigenvalue weighted by molar-refractivity contribution is -0.137. The van der Waals surface area contributed by atoms with Crippen molar-refractivity contribution in [2.45, 2.75) is 6.18 Å². The van der Waals surface area contributed by atoms with E-state index in [-0.39, 0.29) is 0 Å². The van der Waals surface area contributed by atoms with Gasteiger partial charge in [0.15, 0.2) is 0 Å². The molecule has 6 heteroatoms. The molecule has 1 aromatic carbocycles. The Morgan fingerprint density at radius 1 is 1.35 bits per heavy atom. The van der Waals surface area contributed by atoms with Gasteiger partial charge in [0, 0.05) is 41.6 Å². The molecule has 0 aromatic heterocycles. The van der Waals surface area contributed by atoms with Crippen LogP contribution in [0.1, 0.15) is 20.6 Å². The molecule has 1 aromatic rings. The lowest BCUT2D eigenvalue weighted by atomic mass is 10.1. The summed E-state index contributed by atoms with van der Waals surface area (Å²) >= 11 is 2.57. The highest BCUT2D eigenvalue weighted by molar-refractivity contribution is 9.10. The molecule has 0 spiro atoms. The van der Waals surface area contributed by atoms with E-state index in [1.165, 1.54) is 5.32 Å². The van der Waals surface area contributed by atoms with E-state index in [1.54, 1.807) is 0 Å². The molecule has 1 saturated heterocycles. The molecule has 94 valence electrons. The van der Waals surface area contributed by atoms with Crippen LogP contribution in [-0.4, -0.2) is 26.0 Å². The van der Waals surface area contributed by atoms with Crippen molar-refractivity contribution in [3.05, 3.63) is 28.2 Å². The van der Waals surface area contributed by atoms with Crippen LogP contribution in [-0.2, 0) is 6.18 Å². The van der Waals surface area contributed by atoms with Gasteiger partial charge in [-0.05, 0) is 18.1 Å². The lowest BCUT2D eigenvalue weighted by Gasteiger charge is -2.31. The third-order valence-corrected chi connectivity index (χ3v) is 2.13. The zero-order valence-electron chi connectivity index (χ0n) is 19.0. The molecule has 17 heavy (non-hydrogen) atoms. The fraction of sp³-hybridized carbons (Fsp3) is 0.455. The van der Waals surface area contributed by atoms with Crippen LogP contribution in [0.2, 0.25) is 0 Å². The van der Waals surface area contributed by atoms with Gasteiger partial charge in [0.05, 0.1) is 15.2 Å². The monoisotopic (exact) mass is 319 g/mol. The average molecular weight is 320 g/mol. The zero-order chi connectivity index (χ0) is 22.2. The number of anilines is 1. The maximum atomic E-state index is 13.7. The largest absolute Gasteiger partial charge is 0.418 e. The molecule has 1 aliphatic rings. The topological polar surface area (TPSA) is 15.3 Å². The van der Waals surface area contributed by atoms with Gasteiger partial charge >= 0.3 is 6.18 Å². The van der Waals surface area contributed by atoms with Gasteiger partial charge in [-0.2, -0.15) is 13.2 Å². The van der Waals surface area contributed by atoms with Gasteiger partial charge in [0.2, 0.25) is 0 Å². The Bertz CT molecular complexity index is 801. The van der Waals surface area contributed by atoms with E-state index in [2.05, 4.69) is 15.9 Å². The summed E-state index contributed by atoms with van der Waals surface area (Å²) < 4.78 is 126. The summed E-state index contributed by atoms with van der Waals surface area (Å²) in [7, 11) is 0. The Kier molecular flexibility index (Phi) is 1.35. The molecule has 0 saturated carbocycles. The number of alkyl halides is 3. The van der Waals surface area contributed by atoms with Crippen LogP contribution in [0.3, 0.4) is 0 Å². The number of halogens is 4. The molecule has 0 amide bonds. The van der Waals surface area contributed by atoms with Crippen LogP contribution in [0.15, 0.2) is 22.6 Å². The van der Waals surface area contributed by atoms with E-state index in [9.17, 15) is 13.2 Å². The number of rotatable bonds is 1. The summed E-state index contributed by atoms with van der Waals surface area (Å²) in [6, 6.07) is -3.74. The number of nitrogens with one attached hydrogen (secondary N) is 1. The third kappa shape index (κ3) is 2.93. The van der Waals surface area contributed by atoms with Crippen molar-refractivity contribution in [3.63, 3.8) is 0 Å². The average Bonchev–Trinajstić information content (AvgIpc) is 2.46. The van der Waals surface area contributed by atoms with Gasteiger partial charge in [0.25, 0.3) is 0 Å². The molecule has 2 rings (SSSR count). The molecular weight excluding hydrogens is 297 g/mol. The van der Waals surface area contributed by atoms with E-state index in [0.29, 0.717) is 0 Å². The van der Waals surface area contributed by atoms with Crippen molar-refractivity contribution >= 4 is 21.6 Å². The predicted octanol–water partition coefficient (Wildman–Crippen LogP) is 2.88. The highest BCUT2D eigenvalue weighted by atomic mass is 79.9. The highest BCUT2D eigenvalue weighted by Crippen LogP contribution is 2.38. The van der Waals surface area contributed by atoms with Crippen LogP contribution in [0.4, 0.5) is 18.9 Å². The van der Waals surface area contributed by atoms with Gasteiger partial charge in [0.1, 0.15) is 0 Å². The second kappa shape index (κ2) is 4.86. The number of nitrogens with zero attached hydrogens (tertiary/aromatic N) is 1. The molecule has 0 unspecified atom stereocenters. The minimum Gasteiger partial charge on any atom is -0.368 e. The minimum absolute atomic E-state index is 0.482. The van der Waals surface area contributed by atoms with Gasteiger partial charge in [-0.1, -0.05) is 15.9 Å². The summed E-state index contributed by atoms with van der Waals surface area (Å²) in [6.07, 6.45) is -5.42. The van der Waals surface area contributed by atoms with Gasteiger partial charge in [-0.25, -0.2) is 0 Å². The molecule has 0 atom stereocenters. The summed E-state index contributed by atoms with van der Waals surface area (Å²) in [6.45, 7) is -14.1. The fourth-order valence-electron chi connectivity index (χ4n) is 1.09. The smallest absolute Gasteiger partial charge is 0.368 e. The molecule has 1 aliphatic heterocycles.